The molecule has 22 heavy (non-hydrogen) atoms. The molecule has 2 aliphatic heterocycles. The summed E-state index contributed by atoms with van der Waals surface area (Å²) in [5.74, 6) is 3.56. The summed E-state index contributed by atoms with van der Waals surface area (Å²) in [6.45, 7) is 9.18. The quantitative estimate of drug-likeness (QED) is 0.733. The molecule has 122 valence electrons. The number of allylic oxidation sites excluding steroid dienone is 2. The summed E-state index contributed by atoms with van der Waals surface area (Å²) in [6, 6.07) is 0.616. The molecule has 0 spiro atoms. The third-order valence-corrected chi connectivity index (χ3v) is 6.53. The lowest BCUT2D eigenvalue weighted by molar-refractivity contribution is 0.236. The van der Waals surface area contributed by atoms with Crippen molar-refractivity contribution in [2.75, 3.05) is 37.7 Å². The van der Waals surface area contributed by atoms with Crippen molar-refractivity contribution >= 4 is 11.8 Å². The van der Waals surface area contributed by atoms with Crippen LogP contribution < -0.4 is 0 Å². The second-order valence-electron chi connectivity index (χ2n) is 6.60. The first-order chi connectivity index (χ1) is 10.8. The van der Waals surface area contributed by atoms with Gasteiger partial charge in [0.05, 0.1) is 6.04 Å². The third-order valence-electron chi connectivity index (χ3n) is 5.48. The number of likely N-dealkylation sites (N-methyl/N-ethyl adjacent to an activating group) is 1. The van der Waals surface area contributed by atoms with E-state index in [4.69, 9.17) is 0 Å². The number of nitrogens with zero attached hydrogens (tertiary/aromatic N) is 2. The van der Waals surface area contributed by atoms with Crippen LogP contribution in [0.3, 0.4) is 0 Å². The molecule has 0 aromatic rings. The molecule has 1 unspecified atom stereocenters. The molecular weight excluding hydrogens is 288 g/mol. The fraction of sp³-hybridized carbons (Fsp3) is 0.684. The lowest BCUT2D eigenvalue weighted by atomic mass is 9.83. The normalized spacial score (nSPS) is 25.4. The summed E-state index contributed by atoms with van der Waals surface area (Å²) >= 11 is 2.13. The van der Waals surface area contributed by atoms with Crippen molar-refractivity contribution in [1.29, 1.82) is 0 Å². The molecule has 0 N–H and O–H groups in total. The predicted octanol–water partition coefficient (Wildman–Crippen LogP) is 3.93. The van der Waals surface area contributed by atoms with Gasteiger partial charge in [-0.05, 0) is 61.4 Å². The lowest BCUT2D eigenvalue weighted by Gasteiger charge is -2.34. The zero-order valence-electron chi connectivity index (χ0n) is 14.1. The molecule has 1 atom stereocenters. The van der Waals surface area contributed by atoms with Crippen LogP contribution >= 0.6 is 11.8 Å². The van der Waals surface area contributed by atoms with E-state index >= 15 is 0 Å². The van der Waals surface area contributed by atoms with Gasteiger partial charge in [-0.2, -0.15) is 11.8 Å². The van der Waals surface area contributed by atoms with E-state index in [0.717, 1.165) is 25.6 Å². The standard InChI is InChI=1S/C19H30N2S/c1-3-20(4-2)11-12-21-10-7-17-5-6-18(15-19(17)21)16-8-13-22-14-9-16/h5-7,10,16,19H,3-4,8-9,11-15H2,1-2H3. The van der Waals surface area contributed by atoms with Crippen molar-refractivity contribution in [1.82, 2.24) is 9.80 Å². The Morgan fingerprint density at radius 3 is 2.68 bits per heavy atom. The maximum absolute atomic E-state index is 2.58. The minimum absolute atomic E-state index is 0.616. The second-order valence-corrected chi connectivity index (χ2v) is 7.82. The zero-order chi connectivity index (χ0) is 15.4. The van der Waals surface area contributed by atoms with E-state index in [1.165, 1.54) is 42.9 Å². The van der Waals surface area contributed by atoms with Gasteiger partial charge in [-0.15, -0.1) is 0 Å². The Balaban J connectivity index is 1.59. The molecule has 0 radical (unpaired) electrons. The highest BCUT2D eigenvalue weighted by atomic mass is 32.2. The van der Waals surface area contributed by atoms with Gasteiger partial charge < -0.3 is 9.80 Å². The molecule has 0 aromatic carbocycles. The number of hydrogen-bond acceptors (Lipinski definition) is 3. The van der Waals surface area contributed by atoms with E-state index in [9.17, 15) is 0 Å². The summed E-state index contributed by atoms with van der Waals surface area (Å²) < 4.78 is 0. The van der Waals surface area contributed by atoms with E-state index in [0.29, 0.717) is 6.04 Å². The molecule has 2 nitrogen and oxygen atoms in total. The van der Waals surface area contributed by atoms with Crippen LogP contribution in [0.15, 0.2) is 35.6 Å². The average Bonchev–Trinajstić information content (AvgIpc) is 2.99. The van der Waals surface area contributed by atoms with Crippen molar-refractivity contribution in [3.8, 4) is 0 Å². The molecule has 0 amide bonds. The summed E-state index contributed by atoms with van der Waals surface area (Å²) in [5.41, 5.74) is 3.24. The molecular formula is C19H30N2S. The Morgan fingerprint density at radius 2 is 1.95 bits per heavy atom. The topological polar surface area (TPSA) is 6.48 Å². The van der Waals surface area contributed by atoms with Gasteiger partial charge in [0.2, 0.25) is 0 Å². The summed E-state index contributed by atoms with van der Waals surface area (Å²) in [5, 5.41) is 0. The van der Waals surface area contributed by atoms with Gasteiger partial charge in [-0.1, -0.05) is 31.6 Å². The fourth-order valence-electron chi connectivity index (χ4n) is 3.88. The molecule has 1 aliphatic carbocycles. The highest BCUT2D eigenvalue weighted by Gasteiger charge is 2.29. The number of hydrogen-bond donors (Lipinski definition) is 0. The average molecular weight is 319 g/mol. The Morgan fingerprint density at radius 1 is 1.18 bits per heavy atom. The van der Waals surface area contributed by atoms with Crippen LogP contribution in [-0.4, -0.2) is 53.5 Å². The van der Waals surface area contributed by atoms with E-state index in [2.05, 4.69) is 59.8 Å². The number of fused-ring (bicyclic) bond motifs is 1. The van der Waals surface area contributed by atoms with Crippen molar-refractivity contribution in [3.05, 3.63) is 35.6 Å². The van der Waals surface area contributed by atoms with Crippen LogP contribution in [-0.2, 0) is 0 Å². The highest BCUT2D eigenvalue weighted by molar-refractivity contribution is 7.99. The lowest BCUT2D eigenvalue weighted by Crippen LogP contribution is -2.37. The molecule has 3 aliphatic rings. The van der Waals surface area contributed by atoms with Crippen LogP contribution in [0.2, 0.25) is 0 Å². The van der Waals surface area contributed by atoms with Crippen LogP contribution in [0.25, 0.3) is 0 Å². The summed E-state index contributed by atoms with van der Waals surface area (Å²) in [6.07, 6.45) is 13.5. The van der Waals surface area contributed by atoms with Crippen molar-refractivity contribution < 1.29 is 0 Å². The first kappa shape index (κ1) is 16.2. The Kier molecular flexibility index (Phi) is 5.70. The second kappa shape index (κ2) is 7.74. The molecule has 3 rings (SSSR count). The smallest absolute Gasteiger partial charge is 0.0575 e. The van der Waals surface area contributed by atoms with Gasteiger partial charge in [0.1, 0.15) is 0 Å². The number of thioether (sulfide) groups is 1. The molecule has 0 aromatic heterocycles. The van der Waals surface area contributed by atoms with Crippen LogP contribution in [0, 0.1) is 5.92 Å². The number of rotatable bonds is 6. The van der Waals surface area contributed by atoms with Crippen LogP contribution in [0.5, 0.6) is 0 Å². The maximum Gasteiger partial charge on any atom is 0.0575 e. The Hall–Kier alpha value is -0.670. The first-order valence-corrected chi connectivity index (χ1v) is 10.1. The van der Waals surface area contributed by atoms with Gasteiger partial charge in [0.15, 0.2) is 0 Å². The molecule has 2 heterocycles. The van der Waals surface area contributed by atoms with Crippen LogP contribution in [0.1, 0.15) is 33.1 Å². The van der Waals surface area contributed by atoms with Gasteiger partial charge in [-0.25, -0.2) is 0 Å². The minimum atomic E-state index is 0.616. The SMILES string of the molecule is CCN(CC)CCN1C=CC2=CC=C(C3CCSCC3)CC21. The summed E-state index contributed by atoms with van der Waals surface area (Å²) in [4.78, 5) is 5.10. The van der Waals surface area contributed by atoms with Gasteiger partial charge in [0, 0.05) is 19.3 Å². The van der Waals surface area contributed by atoms with Gasteiger partial charge >= 0.3 is 0 Å². The molecule has 3 heteroatoms. The van der Waals surface area contributed by atoms with Gasteiger partial charge in [-0.3, -0.25) is 0 Å². The van der Waals surface area contributed by atoms with Crippen LogP contribution in [0.4, 0.5) is 0 Å². The highest BCUT2D eigenvalue weighted by Crippen LogP contribution is 2.37. The Bertz CT molecular complexity index is 456. The van der Waals surface area contributed by atoms with E-state index in [1.54, 1.807) is 5.57 Å². The van der Waals surface area contributed by atoms with Crippen molar-refractivity contribution in [2.45, 2.75) is 39.2 Å². The van der Waals surface area contributed by atoms with E-state index in [-0.39, 0.29) is 0 Å². The maximum atomic E-state index is 2.58. The molecule has 0 saturated carbocycles. The van der Waals surface area contributed by atoms with E-state index in [1.807, 2.05) is 0 Å². The zero-order valence-corrected chi connectivity index (χ0v) is 14.9. The monoisotopic (exact) mass is 318 g/mol. The first-order valence-electron chi connectivity index (χ1n) is 8.96. The molecule has 0 bridgehead atoms. The third kappa shape index (κ3) is 3.62. The van der Waals surface area contributed by atoms with Crippen molar-refractivity contribution in [2.24, 2.45) is 5.92 Å². The Labute approximate surface area is 140 Å². The van der Waals surface area contributed by atoms with Gasteiger partial charge in [0.25, 0.3) is 0 Å². The largest absolute Gasteiger partial charge is 0.369 e. The molecule has 1 saturated heterocycles. The predicted molar refractivity (Wildman–Crippen MR) is 98.3 cm³/mol. The summed E-state index contributed by atoms with van der Waals surface area (Å²) in [7, 11) is 0. The molecule has 1 fully saturated rings. The van der Waals surface area contributed by atoms with Crippen molar-refractivity contribution in [3.63, 3.8) is 0 Å². The fourth-order valence-corrected chi connectivity index (χ4v) is 4.99. The van der Waals surface area contributed by atoms with E-state index < -0.39 is 0 Å². The minimum Gasteiger partial charge on any atom is -0.369 e.